The summed E-state index contributed by atoms with van der Waals surface area (Å²) in [5, 5.41) is 22.0. The highest BCUT2D eigenvalue weighted by molar-refractivity contribution is 7.98. The summed E-state index contributed by atoms with van der Waals surface area (Å²) in [7, 11) is 0. The molecule has 22 heavy (non-hydrogen) atoms. The maximum absolute atomic E-state index is 12.6. The van der Waals surface area contributed by atoms with Gasteiger partial charge in [0.25, 0.3) is 5.56 Å². The van der Waals surface area contributed by atoms with Crippen LogP contribution in [-0.2, 0) is 5.41 Å². The summed E-state index contributed by atoms with van der Waals surface area (Å²) in [4.78, 5) is 12.6. The van der Waals surface area contributed by atoms with E-state index in [4.69, 9.17) is 0 Å². The lowest BCUT2D eigenvalue weighted by Crippen LogP contribution is -2.32. The topological polar surface area (TPSA) is 80.4 Å². The van der Waals surface area contributed by atoms with E-state index in [0.717, 1.165) is 5.56 Å². The van der Waals surface area contributed by atoms with E-state index < -0.39 is 5.41 Å². The van der Waals surface area contributed by atoms with Crippen molar-refractivity contribution in [2.75, 3.05) is 6.26 Å². The molecule has 0 amide bonds. The average Bonchev–Trinajstić information content (AvgIpc) is 2.46. The zero-order valence-corrected chi connectivity index (χ0v) is 13.8. The van der Waals surface area contributed by atoms with Gasteiger partial charge in [-0.2, -0.15) is 9.78 Å². The van der Waals surface area contributed by atoms with Gasteiger partial charge in [0.15, 0.2) is 0 Å². The van der Waals surface area contributed by atoms with E-state index >= 15 is 0 Å². The third-order valence-electron chi connectivity index (χ3n) is 2.92. The van der Waals surface area contributed by atoms with Crippen LogP contribution in [0.5, 0.6) is 5.75 Å². The summed E-state index contributed by atoms with van der Waals surface area (Å²) < 4.78 is 1.26. The molecule has 1 heterocycles. The minimum absolute atomic E-state index is 0.180. The number of hydrogen-bond donors (Lipinski definition) is 1. The second kappa shape index (κ2) is 6.31. The molecule has 0 aliphatic carbocycles. The Morgan fingerprint density at radius 1 is 1.23 bits per heavy atom. The van der Waals surface area contributed by atoms with Gasteiger partial charge < -0.3 is 5.11 Å². The van der Waals surface area contributed by atoms with Crippen LogP contribution in [0, 0.1) is 0 Å². The fourth-order valence-corrected chi connectivity index (χ4v) is 2.18. The van der Waals surface area contributed by atoms with Crippen molar-refractivity contribution in [1.82, 2.24) is 14.9 Å². The highest BCUT2D eigenvalue weighted by Crippen LogP contribution is 2.17. The average molecular weight is 318 g/mol. The highest BCUT2D eigenvalue weighted by Gasteiger charge is 2.23. The predicted molar refractivity (Wildman–Crippen MR) is 87.9 cm³/mol. The molecule has 2 rings (SSSR count). The van der Waals surface area contributed by atoms with Crippen LogP contribution < -0.4 is 5.56 Å². The van der Waals surface area contributed by atoms with Crippen LogP contribution in [0.25, 0.3) is 0 Å². The first-order valence-electron chi connectivity index (χ1n) is 6.70. The molecule has 0 saturated heterocycles. The zero-order chi connectivity index (χ0) is 16.3. The number of phenolic OH excluding ortho intramolecular Hbond substituents is 1. The van der Waals surface area contributed by atoms with E-state index in [9.17, 15) is 9.90 Å². The second-order valence-corrected chi connectivity index (χ2v) is 6.51. The van der Waals surface area contributed by atoms with Crippen molar-refractivity contribution in [3.8, 4) is 5.75 Å². The largest absolute Gasteiger partial charge is 0.508 e. The Morgan fingerprint density at radius 3 is 2.41 bits per heavy atom. The molecular formula is C15H18N4O2S. The lowest BCUT2D eigenvalue weighted by atomic mass is 9.93. The first kappa shape index (κ1) is 16.2. The minimum Gasteiger partial charge on any atom is -0.508 e. The predicted octanol–water partition coefficient (Wildman–Crippen LogP) is 2.25. The molecule has 0 spiro atoms. The van der Waals surface area contributed by atoms with Gasteiger partial charge >= 0.3 is 0 Å². The molecule has 0 atom stereocenters. The molecule has 1 aromatic heterocycles. The van der Waals surface area contributed by atoms with Gasteiger partial charge in [0.2, 0.25) is 5.16 Å². The molecule has 1 aromatic carbocycles. The molecule has 0 radical (unpaired) electrons. The normalized spacial score (nSPS) is 12.0. The van der Waals surface area contributed by atoms with Crippen molar-refractivity contribution >= 4 is 18.0 Å². The van der Waals surface area contributed by atoms with Gasteiger partial charge in [0.05, 0.1) is 6.21 Å². The zero-order valence-electron chi connectivity index (χ0n) is 12.9. The van der Waals surface area contributed by atoms with Crippen LogP contribution in [-0.4, -0.2) is 32.5 Å². The summed E-state index contributed by atoms with van der Waals surface area (Å²) in [5.41, 5.74) is 0.456. The van der Waals surface area contributed by atoms with E-state index in [-0.39, 0.29) is 11.3 Å². The molecular weight excluding hydrogens is 300 g/mol. The molecule has 6 nitrogen and oxygen atoms in total. The van der Waals surface area contributed by atoms with Crippen LogP contribution in [0.2, 0.25) is 0 Å². The summed E-state index contributed by atoms with van der Waals surface area (Å²) in [6.45, 7) is 5.72. The Hall–Kier alpha value is -2.15. The fraction of sp³-hybridized carbons (Fsp3) is 0.333. The number of aromatic nitrogens is 3. The number of aromatic hydroxyl groups is 1. The van der Waals surface area contributed by atoms with Gasteiger partial charge in [-0.1, -0.05) is 32.5 Å². The molecule has 0 bridgehead atoms. The molecule has 0 fully saturated rings. The number of benzene rings is 1. The Labute approximate surface area is 132 Å². The third kappa shape index (κ3) is 3.54. The maximum Gasteiger partial charge on any atom is 0.297 e. The van der Waals surface area contributed by atoms with E-state index in [1.165, 1.54) is 16.4 Å². The number of rotatable bonds is 3. The van der Waals surface area contributed by atoms with Crippen molar-refractivity contribution in [2.45, 2.75) is 31.3 Å². The molecule has 0 saturated carbocycles. The SMILES string of the molecule is CSc1nnc(C(C)(C)C)c(=O)n1N=Cc1ccc(O)cc1. The fourth-order valence-electron chi connectivity index (χ4n) is 1.75. The molecule has 2 aromatic rings. The standard InChI is InChI=1S/C15H18N4O2S/c1-15(2,3)12-13(21)19(14(22-4)18-17-12)16-9-10-5-7-11(20)8-6-10/h5-9,20H,1-4H3. The minimum atomic E-state index is -0.406. The molecule has 0 unspecified atom stereocenters. The molecule has 116 valence electrons. The monoisotopic (exact) mass is 318 g/mol. The Kier molecular flexibility index (Phi) is 4.65. The van der Waals surface area contributed by atoms with Gasteiger partial charge in [-0.25, -0.2) is 0 Å². The van der Waals surface area contributed by atoms with Gasteiger partial charge in [-0.15, -0.1) is 10.2 Å². The Morgan fingerprint density at radius 2 is 1.86 bits per heavy atom. The van der Waals surface area contributed by atoms with E-state index in [1.807, 2.05) is 27.0 Å². The van der Waals surface area contributed by atoms with Crippen molar-refractivity contribution in [3.05, 3.63) is 45.9 Å². The van der Waals surface area contributed by atoms with Crippen molar-refractivity contribution in [3.63, 3.8) is 0 Å². The first-order valence-corrected chi connectivity index (χ1v) is 7.93. The maximum atomic E-state index is 12.6. The quantitative estimate of drug-likeness (QED) is 0.693. The first-order chi connectivity index (χ1) is 10.3. The molecule has 0 aliphatic heterocycles. The van der Waals surface area contributed by atoms with Crippen LogP contribution in [0.1, 0.15) is 32.0 Å². The van der Waals surface area contributed by atoms with Crippen LogP contribution >= 0.6 is 11.8 Å². The molecule has 7 heteroatoms. The lowest BCUT2D eigenvalue weighted by molar-refractivity contribution is 0.475. The van der Waals surface area contributed by atoms with E-state index in [2.05, 4.69) is 15.3 Å². The summed E-state index contributed by atoms with van der Waals surface area (Å²) >= 11 is 1.30. The highest BCUT2D eigenvalue weighted by atomic mass is 32.2. The Balaban J connectivity index is 2.49. The number of thioether (sulfide) groups is 1. The second-order valence-electron chi connectivity index (χ2n) is 5.74. The van der Waals surface area contributed by atoms with Crippen LogP contribution in [0.3, 0.4) is 0 Å². The summed E-state index contributed by atoms with van der Waals surface area (Å²) in [5.74, 6) is 0.180. The van der Waals surface area contributed by atoms with Gasteiger partial charge in [-0.3, -0.25) is 4.79 Å². The van der Waals surface area contributed by atoms with Crippen molar-refractivity contribution in [2.24, 2.45) is 5.10 Å². The molecule has 1 N–H and O–H groups in total. The number of nitrogens with zero attached hydrogens (tertiary/aromatic N) is 4. The van der Waals surface area contributed by atoms with Gasteiger partial charge in [-0.05, 0) is 36.1 Å². The van der Waals surface area contributed by atoms with Crippen LogP contribution in [0.4, 0.5) is 0 Å². The van der Waals surface area contributed by atoms with Crippen molar-refractivity contribution < 1.29 is 5.11 Å². The van der Waals surface area contributed by atoms with Gasteiger partial charge in [0, 0.05) is 5.41 Å². The smallest absolute Gasteiger partial charge is 0.297 e. The van der Waals surface area contributed by atoms with Crippen molar-refractivity contribution in [1.29, 1.82) is 0 Å². The van der Waals surface area contributed by atoms with E-state index in [1.54, 1.807) is 30.5 Å². The summed E-state index contributed by atoms with van der Waals surface area (Å²) in [6.07, 6.45) is 3.36. The third-order valence-corrected chi connectivity index (χ3v) is 3.54. The molecule has 0 aliphatic rings. The number of phenols is 1. The summed E-state index contributed by atoms with van der Waals surface area (Å²) in [6, 6.07) is 6.54. The Bertz CT molecular complexity index is 746. The van der Waals surface area contributed by atoms with Gasteiger partial charge in [0.1, 0.15) is 11.4 Å². The van der Waals surface area contributed by atoms with Crippen LogP contribution in [0.15, 0.2) is 39.3 Å². The van der Waals surface area contributed by atoms with E-state index in [0.29, 0.717) is 10.9 Å². The lowest BCUT2D eigenvalue weighted by Gasteiger charge is -2.16. The number of hydrogen-bond acceptors (Lipinski definition) is 6.